The van der Waals surface area contributed by atoms with E-state index in [1.807, 2.05) is 30.5 Å². The average Bonchev–Trinajstić information content (AvgIpc) is 3.12. The quantitative estimate of drug-likeness (QED) is 0.820. The number of aromatic nitrogens is 1. The molecular weight excluding hydrogens is 250 g/mol. The van der Waals surface area contributed by atoms with Crippen molar-refractivity contribution in [3.8, 4) is 0 Å². The molecule has 2 aromatic rings. The van der Waals surface area contributed by atoms with Crippen LogP contribution in [-0.2, 0) is 0 Å². The fourth-order valence-corrected chi connectivity index (χ4v) is 2.87. The summed E-state index contributed by atoms with van der Waals surface area (Å²) in [4.78, 5) is 17.7. The highest BCUT2D eigenvalue weighted by Gasteiger charge is 2.12. The second-order valence-electron chi connectivity index (χ2n) is 5.41. The van der Waals surface area contributed by atoms with Gasteiger partial charge in [0, 0.05) is 18.1 Å². The number of carbonyl (C=O) groups excluding carboxylic acids is 1. The summed E-state index contributed by atoms with van der Waals surface area (Å²) in [6.45, 7) is 4.26. The van der Waals surface area contributed by atoms with Crippen LogP contribution < -0.4 is 5.32 Å². The third-order valence-electron chi connectivity index (χ3n) is 3.96. The predicted octanol–water partition coefficient (Wildman–Crippen LogP) is 2.38. The van der Waals surface area contributed by atoms with Crippen molar-refractivity contribution >= 4 is 16.7 Å². The van der Waals surface area contributed by atoms with Gasteiger partial charge in [0.1, 0.15) is 5.69 Å². The van der Waals surface area contributed by atoms with Gasteiger partial charge in [-0.1, -0.05) is 24.3 Å². The van der Waals surface area contributed by atoms with Crippen LogP contribution in [0.5, 0.6) is 0 Å². The predicted molar refractivity (Wildman–Crippen MR) is 80.9 cm³/mol. The third kappa shape index (κ3) is 2.85. The van der Waals surface area contributed by atoms with Gasteiger partial charge in [-0.05, 0) is 44.3 Å². The minimum absolute atomic E-state index is 0.00683. The van der Waals surface area contributed by atoms with Gasteiger partial charge in [-0.3, -0.25) is 4.79 Å². The molecule has 0 unspecified atom stereocenters. The summed E-state index contributed by atoms with van der Waals surface area (Å²) in [5, 5.41) is 5.07. The molecule has 1 fully saturated rings. The molecule has 2 heterocycles. The van der Waals surface area contributed by atoms with Crippen molar-refractivity contribution in [1.29, 1.82) is 0 Å². The minimum atomic E-state index is -0.00683. The molecule has 1 aliphatic heterocycles. The fourth-order valence-electron chi connectivity index (χ4n) is 2.87. The second-order valence-corrected chi connectivity index (χ2v) is 5.41. The molecule has 4 nitrogen and oxygen atoms in total. The van der Waals surface area contributed by atoms with E-state index in [-0.39, 0.29) is 5.91 Å². The zero-order valence-corrected chi connectivity index (χ0v) is 11.7. The van der Waals surface area contributed by atoms with Crippen LogP contribution in [0.1, 0.15) is 29.8 Å². The zero-order chi connectivity index (χ0) is 13.8. The highest BCUT2D eigenvalue weighted by molar-refractivity contribution is 6.05. The number of carbonyl (C=O) groups is 1. The Morgan fingerprint density at radius 1 is 1.25 bits per heavy atom. The molecule has 1 aromatic carbocycles. The molecule has 0 radical (unpaired) electrons. The molecule has 4 heteroatoms. The Bertz CT molecular complexity index is 584. The van der Waals surface area contributed by atoms with Crippen LogP contribution in [0.3, 0.4) is 0 Å². The maximum Gasteiger partial charge on any atom is 0.268 e. The lowest BCUT2D eigenvalue weighted by atomic mass is 10.2. The van der Waals surface area contributed by atoms with E-state index in [4.69, 9.17) is 0 Å². The number of amides is 1. The summed E-state index contributed by atoms with van der Waals surface area (Å²) in [6.07, 6.45) is 5.54. The highest BCUT2D eigenvalue weighted by atomic mass is 16.1. The first-order chi connectivity index (χ1) is 9.84. The van der Waals surface area contributed by atoms with Gasteiger partial charge in [-0.15, -0.1) is 0 Å². The molecule has 0 spiro atoms. The lowest BCUT2D eigenvalue weighted by molar-refractivity contribution is 0.0949. The zero-order valence-electron chi connectivity index (χ0n) is 11.7. The maximum atomic E-state index is 12.2. The van der Waals surface area contributed by atoms with Crippen molar-refractivity contribution in [1.82, 2.24) is 15.2 Å². The smallest absolute Gasteiger partial charge is 0.268 e. The first-order valence-electron chi connectivity index (χ1n) is 7.41. The molecule has 0 saturated carbocycles. The van der Waals surface area contributed by atoms with Crippen molar-refractivity contribution in [2.45, 2.75) is 19.3 Å². The lowest BCUT2D eigenvalue weighted by Gasteiger charge is -2.14. The number of aromatic amines is 1. The Hall–Kier alpha value is -1.81. The second kappa shape index (κ2) is 6.09. The van der Waals surface area contributed by atoms with Crippen LogP contribution in [0, 0.1) is 0 Å². The van der Waals surface area contributed by atoms with Crippen molar-refractivity contribution in [3.05, 3.63) is 36.2 Å². The summed E-state index contributed by atoms with van der Waals surface area (Å²) in [6, 6.07) is 7.93. The molecule has 2 N–H and O–H groups in total. The maximum absolute atomic E-state index is 12.2. The van der Waals surface area contributed by atoms with E-state index in [1.54, 1.807) is 0 Å². The number of H-pyrrole nitrogens is 1. The van der Waals surface area contributed by atoms with Crippen LogP contribution in [0.4, 0.5) is 0 Å². The highest BCUT2D eigenvalue weighted by Crippen LogP contribution is 2.17. The average molecular weight is 271 g/mol. The summed E-state index contributed by atoms with van der Waals surface area (Å²) in [7, 11) is 0. The van der Waals surface area contributed by atoms with Gasteiger partial charge in [-0.2, -0.15) is 0 Å². The topological polar surface area (TPSA) is 48.1 Å². The van der Waals surface area contributed by atoms with E-state index >= 15 is 0 Å². The van der Waals surface area contributed by atoms with Crippen LogP contribution >= 0.6 is 0 Å². The summed E-state index contributed by atoms with van der Waals surface area (Å²) < 4.78 is 0. The third-order valence-corrected chi connectivity index (χ3v) is 3.96. The molecule has 1 saturated heterocycles. The number of fused-ring (bicyclic) bond motifs is 1. The van der Waals surface area contributed by atoms with Gasteiger partial charge >= 0.3 is 0 Å². The first kappa shape index (κ1) is 13.2. The molecule has 0 atom stereocenters. The number of hydrogen-bond acceptors (Lipinski definition) is 2. The minimum Gasteiger partial charge on any atom is -0.356 e. The van der Waals surface area contributed by atoms with Crippen molar-refractivity contribution in [2.24, 2.45) is 0 Å². The summed E-state index contributed by atoms with van der Waals surface area (Å²) >= 11 is 0. The van der Waals surface area contributed by atoms with Crippen molar-refractivity contribution in [3.63, 3.8) is 0 Å². The van der Waals surface area contributed by atoms with E-state index in [2.05, 4.69) is 15.2 Å². The van der Waals surface area contributed by atoms with Crippen molar-refractivity contribution < 1.29 is 4.79 Å². The van der Waals surface area contributed by atoms with Gasteiger partial charge in [0.05, 0.1) is 0 Å². The molecular formula is C16H21N3O. The van der Waals surface area contributed by atoms with E-state index < -0.39 is 0 Å². The molecule has 1 aromatic heterocycles. The Morgan fingerprint density at radius 2 is 2.05 bits per heavy atom. The van der Waals surface area contributed by atoms with E-state index in [0.29, 0.717) is 5.69 Å². The first-order valence-corrected chi connectivity index (χ1v) is 7.41. The largest absolute Gasteiger partial charge is 0.356 e. The molecule has 106 valence electrons. The Kier molecular flexibility index (Phi) is 4.02. The van der Waals surface area contributed by atoms with Gasteiger partial charge < -0.3 is 15.2 Å². The fraction of sp³-hybridized carbons (Fsp3) is 0.438. The van der Waals surface area contributed by atoms with Gasteiger partial charge in [-0.25, -0.2) is 0 Å². The number of rotatable bonds is 5. The molecule has 20 heavy (non-hydrogen) atoms. The summed E-state index contributed by atoms with van der Waals surface area (Å²) in [5.41, 5.74) is 0.668. The Morgan fingerprint density at radius 3 is 2.90 bits per heavy atom. The number of nitrogens with one attached hydrogen (secondary N) is 2. The van der Waals surface area contributed by atoms with Gasteiger partial charge in [0.2, 0.25) is 0 Å². The van der Waals surface area contributed by atoms with E-state index in [0.717, 1.165) is 30.3 Å². The number of benzene rings is 1. The van der Waals surface area contributed by atoms with Crippen LogP contribution in [0.2, 0.25) is 0 Å². The van der Waals surface area contributed by atoms with Crippen LogP contribution in [-0.4, -0.2) is 42.0 Å². The van der Waals surface area contributed by atoms with Gasteiger partial charge in [0.25, 0.3) is 5.91 Å². The van der Waals surface area contributed by atoms with Crippen LogP contribution in [0.15, 0.2) is 30.5 Å². The number of likely N-dealkylation sites (tertiary alicyclic amines) is 1. The lowest BCUT2D eigenvalue weighted by Crippen LogP contribution is -2.28. The summed E-state index contributed by atoms with van der Waals surface area (Å²) in [5.74, 6) is -0.00683. The molecule has 0 bridgehead atoms. The SMILES string of the molecule is O=C(NCCCN1CCCC1)c1[nH]cc2ccccc12. The Balaban J connectivity index is 1.51. The number of hydrogen-bond donors (Lipinski definition) is 2. The van der Waals surface area contributed by atoms with E-state index in [9.17, 15) is 4.79 Å². The normalized spacial score (nSPS) is 15.8. The molecule has 0 aliphatic carbocycles. The molecule has 1 amide bonds. The standard InChI is InChI=1S/C16H21N3O/c20-16(17-8-5-11-19-9-3-4-10-19)15-14-7-2-1-6-13(14)12-18-15/h1-2,6-7,12,18H,3-5,8-11H2,(H,17,20). The number of nitrogens with zero attached hydrogens (tertiary/aromatic N) is 1. The van der Waals surface area contributed by atoms with Crippen LogP contribution in [0.25, 0.3) is 10.8 Å². The monoisotopic (exact) mass is 271 g/mol. The van der Waals surface area contributed by atoms with Crippen molar-refractivity contribution in [2.75, 3.05) is 26.2 Å². The molecule has 1 aliphatic rings. The Labute approximate surface area is 119 Å². The van der Waals surface area contributed by atoms with E-state index in [1.165, 1.54) is 25.9 Å². The van der Waals surface area contributed by atoms with Gasteiger partial charge in [0.15, 0.2) is 0 Å². The molecule has 3 rings (SSSR count).